The third-order valence-electron chi connectivity index (χ3n) is 4.39. The quantitative estimate of drug-likeness (QED) is 0.687. The maximum absolute atomic E-state index is 6.24. The van der Waals surface area contributed by atoms with Crippen molar-refractivity contribution in [2.75, 3.05) is 25.2 Å². The minimum absolute atomic E-state index is 0.286. The number of ether oxygens (including phenoxy) is 2. The molecule has 0 spiro atoms. The van der Waals surface area contributed by atoms with E-state index in [9.17, 15) is 0 Å². The van der Waals surface area contributed by atoms with E-state index in [1.807, 2.05) is 54.7 Å². The lowest BCUT2D eigenvalue weighted by Crippen LogP contribution is -2.24. The summed E-state index contributed by atoms with van der Waals surface area (Å²) < 4.78 is 13.2. The van der Waals surface area contributed by atoms with Crippen LogP contribution in [0.3, 0.4) is 0 Å². The first-order valence-corrected chi connectivity index (χ1v) is 8.79. The molecule has 0 bridgehead atoms. The SMILES string of the molecule is COc1ccccc1N1CCO[C@@H]1c1cn(Cc2ccccc2Cl)nn1. The second-order valence-corrected chi connectivity index (χ2v) is 6.43. The molecule has 1 atom stereocenters. The van der Waals surface area contributed by atoms with E-state index in [4.69, 9.17) is 21.1 Å². The van der Waals surface area contributed by atoms with Gasteiger partial charge in [-0.05, 0) is 23.8 Å². The molecule has 134 valence electrons. The Kier molecular flexibility index (Phi) is 4.77. The number of benzene rings is 2. The zero-order valence-corrected chi connectivity index (χ0v) is 15.1. The van der Waals surface area contributed by atoms with Crippen molar-refractivity contribution in [2.45, 2.75) is 12.8 Å². The summed E-state index contributed by atoms with van der Waals surface area (Å²) in [6.07, 6.45) is 1.62. The third kappa shape index (κ3) is 3.25. The molecule has 6 nitrogen and oxygen atoms in total. The first-order chi connectivity index (χ1) is 12.8. The first kappa shape index (κ1) is 16.9. The highest BCUT2D eigenvalue weighted by atomic mass is 35.5. The molecule has 1 aliphatic heterocycles. The lowest BCUT2D eigenvalue weighted by Gasteiger charge is -2.25. The number of rotatable bonds is 5. The molecular formula is C19H19ClN4O2. The van der Waals surface area contributed by atoms with Gasteiger partial charge in [0.25, 0.3) is 0 Å². The van der Waals surface area contributed by atoms with Gasteiger partial charge in [-0.15, -0.1) is 5.10 Å². The van der Waals surface area contributed by atoms with Crippen LogP contribution in [-0.4, -0.2) is 35.3 Å². The highest BCUT2D eigenvalue weighted by molar-refractivity contribution is 6.31. The molecule has 0 aliphatic carbocycles. The Morgan fingerprint density at radius 2 is 2.00 bits per heavy atom. The standard InChI is InChI=1S/C19H19ClN4O2/c1-25-18-9-5-4-8-17(18)24-10-11-26-19(24)16-13-23(22-21-16)12-14-6-2-3-7-15(14)20/h2-9,13,19H,10-12H2,1H3/t19-/m1/s1. The van der Waals surface area contributed by atoms with Crippen LogP contribution in [0.5, 0.6) is 5.75 Å². The van der Waals surface area contributed by atoms with E-state index in [0.717, 1.165) is 34.3 Å². The molecule has 0 saturated carbocycles. The van der Waals surface area contributed by atoms with Gasteiger partial charge < -0.3 is 14.4 Å². The molecule has 2 aromatic carbocycles. The predicted molar refractivity (Wildman–Crippen MR) is 99.6 cm³/mol. The highest BCUT2D eigenvalue weighted by Crippen LogP contribution is 2.36. The Hall–Kier alpha value is -2.57. The molecule has 0 radical (unpaired) electrons. The zero-order valence-electron chi connectivity index (χ0n) is 14.4. The lowest BCUT2D eigenvalue weighted by atomic mass is 10.2. The summed E-state index contributed by atoms with van der Waals surface area (Å²) in [5.41, 5.74) is 2.75. The Bertz CT molecular complexity index is 899. The van der Waals surface area contributed by atoms with E-state index in [2.05, 4.69) is 15.2 Å². The summed E-state index contributed by atoms with van der Waals surface area (Å²) in [6, 6.07) is 15.6. The monoisotopic (exact) mass is 370 g/mol. The van der Waals surface area contributed by atoms with E-state index in [1.54, 1.807) is 11.8 Å². The van der Waals surface area contributed by atoms with Crippen molar-refractivity contribution in [1.29, 1.82) is 0 Å². The van der Waals surface area contributed by atoms with Gasteiger partial charge in [0, 0.05) is 11.6 Å². The average molecular weight is 371 g/mol. The van der Waals surface area contributed by atoms with Crippen LogP contribution in [0, 0.1) is 0 Å². The fourth-order valence-corrected chi connectivity index (χ4v) is 3.33. The molecule has 3 aromatic rings. The Morgan fingerprint density at radius 1 is 1.19 bits per heavy atom. The minimum Gasteiger partial charge on any atom is -0.495 e. The van der Waals surface area contributed by atoms with Crippen molar-refractivity contribution in [2.24, 2.45) is 0 Å². The molecule has 1 fully saturated rings. The van der Waals surface area contributed by atoms with Gasteiger partial charge in [0.2, 0.25) is 0 Å². The minimum atomic E-state index is -0.286. The molecule has 1 aromatic heterocycles. The summed E-state index contributed by atoms with van der Waals surface area (Å²) in [7, 11) is 1.67. The van der Waals surface area contributed by atoms with Crippen molar-refractivity contribution in [3.8, 4) is 5.75 Å². The van der Waals surface area contributed by atoms with Gasteiger partial charge in [-0.3, -0.25) is 0 Å². The Morgan fingerprint density at radius 3 is 2.85 bits per heavy atom. The van der Waals surface area contributed by atoms with Crippen molar-refractivity contribution in [3.63, 3.8) is 0 Å². The third-order valence-corrected chi connectivity index (χ3v) is 4.75. The lowest BCUT2D eigenvalue weighted by molar-refractivity contribution is 0.110. The number of halogens is 1. The van der Waals surface area contributed by atoms with Gasteiger partial charge in [-0.2, -0.15) is 0 Å². The Balaban J connectivity index is 1.57. The molecule has 4 rings (SSSR count). The topological polar surface area (TPSA) is 52.4 Å². The molecule has 1 aliphatic rings. The molecule has 1 saturated heterocycles. The fraction of sp³-hybridized carbons (Fsp3) is 0.263. The number of hydrogen-bond donors (Lipinski definition) is 0. The van der Waals surface area contributed by atoms with E-state index >= 15 is 0 Å². The summed E-state index contributed by atoms with van der Waals surface area (Å²) in [5, 5.41) is 9.28. The van der Waals surface area contributed by atoms with Crippen LogP contribution in [0.25, 0.3) is 0 Å². The molecule has 2 heterocycles. The second kappa shape index (κ2) is 7.35. The number of methoxy groups -OCH3 is 1. The molecule has 0 N–H and O–H groups in total. The van der Waals surface area contributed by atoms with Crippen molar-refractivity contribution in [1.82, 2.24) is 15.0 Å². The molecule has 0 amide bonds. The van der Waals surface area contributed by atoms with E-state index in [1.165, 1.54) is 0 Å². The van der Waals surface area contributed by atoms with Crippen molar-refractivity contribution in [3.05, 3.63) is 71.0 Å². The number of hydrogen-bond acceptors (Lipinski definition) is 5. The van der Waals surface area contributed by atoms with E-state index in [-0.39, 0.29) is 6.23 Å². The van der Waals surface area contributed by atoms with Crippen LogP contribution in [0.4, 0.5) is 5.69 Å². The van der Waals surface area contributed by atoms with E-state index in [0.29, 0.717) is 13.2 Å². The van der Waals surface area contributed by atoms with Crippen LogP contribution in [0.15, 0.2) is 54.7 Å². The average Bonchev–Trinajstić information content (AvgIpc) is 3.32. The number of nitrogens with zero attached hydrogens (tertiary/aromatic N) is 4. The largest absolute Gasteiger partial charge is 0.495 e. The van der Waals surface area contributed by atoms with Crippen LogP contribution in [0.1, 0.15) is 17.5 Å². The van der Waals surface area contributed by atoms with Gasteiger partial charge in [-0.1, -0.05) is 47.1 Å². The van der Waals surface area contributed by atoms with Crippen LogP contribution in [-0.2, 0) is 11.3 Å². The second-order valence-electron chi connectivity index (χ2n) is 6.02. The van der Waals surface area contributed by atoms with Gasteiger partial charge >= 0.3 is 0 Å². The van der Waals surface area contributed by atoms with Crippen molar-refractivity contribution >= 4 is 17.3 Å². The molecule has 0 unspecified atom stereocenters. The highest BCUT2D eigenvalue weighted by Gasteiger charge is 2.31. The summed E-state index contributed by atoms with van der Waals surface area (Å²) in [5.74, 6) is 0.812. The molecule has 26 heavy (non-hydrogen) atoms. The van der Waals surface area contributed by atoms with Gasteiger partial charge in [0.1, 0.15) is 11.4 Å². The maximum Gasteiger partial charge on any atom is 0.177 e. The van der Waals surface area contributed by atoms with Crippen LogP contribution >= 0.6 is 11.6 Å². The van der Waals surface area contributed by atoms with Gasteiger partial charge in [0.05, 0.1) is 32.1 Å². The Labute approximate surface area is 156 Å². The number of aromatic nitrogens is 3. The summed E-state index contributed by atoms with van der Waals surface area (Å²) >= 11 is 6.24. The zero-order chi connectivity index (χ0) is 17.9. The fourth-order valence-electron chi connectivity index (χ4n) is 3.13. The smallest absolute Gasteiger partial charge is 0.177 e. The first-order valence-electron chi connectivity index (χ1n) is 8.41. The normalized spacial score (nSPS) is 16.8. The maximum atomic E-state index is 6.24. The number of anilines is 1. The van der Waals surface area contributed by atoms with Crippen LogP contribution < -0.4 is 9.64 Å². The van der Waals surface area contributed by atoms with E-state index < -0.39 is 0 Å². The number of para-hydroxylation sites is 2. The predicted octanol–water partition coefficient (Wildman–Crippen LogP) is 3.52. The van der Waals surface area contributed by atoms with Gasteiger partial charge in [0.15, 0.2) is 6.23 Å². The van der Waals surface area contributed by atoms with Crippen LogP contribution in [0.2, 0.25) is 5.02 Å². The summed E-state index contributed by atoms with van der Waals surface area (Å²) in [4.78, 5) is 2.14. The van der Waals surface area contributed by atoms with Gasteiger partial charge in [-0.25, -0.2) is 4.68 Å². The summed E-state index contributed by atoms with van der Waals surface area (Å²) in [6.45, 7) is 1.95. The molecule has 7 heteroatoms. The molecular weight excluding hydrogens is 352 g/mol. The van der Waals surface area contributed by atoms with Crippen molar-refractivity contribution < 1.29 is 9.47 Å².